The number of hydrogen-bond acceptors (Lipinski definition) is 4. The Morgan fingerprint density at radius 2 is 2.38 bits per heavy atom. The van der Waals surface area contributed by atoms with Gasteiger partial charge in [-0.2, -0.15) is 0 Å². The Balaban J connectivity index is 1.77. The summed E-state index contributed by atoms with van der Waals surface area (Å²) in [7, 11) is 1.69. The number of fused-ring (bicyclic) bond motifs is 1. The summed E-state index contributed by atoms with van der Waals surface area (Å²) in [6.07, 6.45) is 2.95. The second-order valence-electron chi connectivity index (χ2n) is 5.25. The minimum atomic E-state index is 0.0308. The van der Waals surface area contributed by atoms with E-state index in [4.69, 9.17) is 9.47 Å². The van der Waals surface area contributed by atoms with Gasteiger partial charge in [0.05, 0.1) is 17.9 Å². The van der Waals surface area contributed by atoms with Gasteiger partial charge in [-0.25, -0.2) is 0 Å². The van der Waals surface area contributed by atoms with Gasteiger partial charge < -0.3 is 19.7 Å². The summed E-state index contributed by atoms with van der Waals surface area (Å²) >= 11 is 0. The molecule has 1 aromatic carbocycles. The first kappa shape index (κ1) is 13.9. The van der Waals surface area contributed by atoms with Crippen LogP contribution in [0.15, 0.2) is 29.8 Å². The summed E-state index contributed by atoms with van der Waals surface area (Å²) < 4.78 is 10.8. The molecule has 5 nitrogen and oxygen atoms in total. The number of benzene rings is 1. The Kier molecular flexibility index (Phi) is 4.10. The maximum atomic E-state index is 12.7. The van der Waals surface area contributed by atoms with Crippen LogP contribution in [-0.4, -0.2) is 50.8 Å². The molecule has 5 heteroatoms. The van der Waals surface area contributed by atoms with Gasteiger partial charge in [-0.05, 0) is 24.1 Å². The zero-order valence-corrected chi connectivity index (χ0v) is 12.2. The number of rotatable bonds is 3. The van der Waals surface area contributed by atoms with E-state index in [0.717, 1.165) is 25.2 Å². The van der Waals surface area contributed by atoms with E-state index in [1.54, 1.807) is 7.11 Å². The van der Waals surface area contributed by atoms with Crippen LogP contribution >= 0.6 is 0 Å². The number of carbonyl (C=O) groups is 1. The molecule has 21 heavy (non-hydrogen) atoms. The molecule has 0 spiro atoms. The number of nitrogens with zero attached hydrogens (tertiary/aromatic N) is 1. The van der Waals surface area contributed by atoms with Gasteiger partial charge in [-0.1, -0.05) is 12.1 Å². The molecule has 2 aliphatic rings. The molecule has 0 unspecified atom stereocenters. The number of carbonyl (C=O) groups excluding carboxylic acids is 1. The van der Waals surface area contributed by atoms with Crippen LogP contribution in [0.1, 0.15) is 16.8 Å². The normalized spacial score (nSPS) is 17.4. The van der Waals surface area contributed by atoms with Crippen molar-refractivity contribution in [2.45, 2.75) is 6.42 Å². The Morgan fingerprint density at radius 3 is 3.14 bits per heavy atom. The van der Waals surface area contributed by atoms with E-state index >= 15 is 0 Å². The monoisotopic (exact) mass is 288 g/mol. The molecule has 0 fully saturated rings. The average molecular weight is 288 g/mol. The Morgan fingerprint density at radius 1 is 1.48 bits per heavy atom. The molecule has 0 bridgehead atoms. The van der Waals surface area contributed by atoms with Gasteiger partial charge in [0.2, 0.25) is 0 Å². The molecule has 3 rings (SSSR count). The van der Waals surface area contributed by atoms with Gasteiger partial charge >= 0.3 is 0 Å². The number of para-hydroxylation sites is 1. The molecule has 0 radical (unpaired) electrons. The van der Waals surface area contributed by atoms with E-state index in [1.807, 2.05) is 23.1 Å². The number of methoxy groups -OCH3 is 1. The van der Waals surface area contributed by atoms with Gasteiger partial charge in [0.25, 0.3) is 5.91 Å². The molecule has 2 aliphatic heterocycles. The molecule has 1 aromatic rings. The van der Waals surface area contributed by atoms with Crippen molar-refractivity contribution in [3.8, 4) is 5.75 Å². The minimum absolute atomic E-state index is 0.0308. The second-order valence-corrected chi connectivity index (χ2v) is 5.25. The van der Waals surface area contributed by atoms with Crippen molar-refractivity contribution in [2.24, 2.45) is 0 Å². The molecule has 0 saturated heterocycles. The van der Waals surface area contributed by atoms with Gasteiger partial charge in [-0.3, -0.25) is 4.79 Å². The van der Waals surface area contributed by atoms with Crippen LogP contribution in [0.25, 0.3) is 0 Å². The molecule has 1 amide bonds. The lowest BCUT2D eigenvalue weighted by molar-refractivity contribution is 0.0760. The van der Waals surface area contributed by atoms with Crippen LogP contribution in [0.3, 0.4) is 0 Å². The molecule has 1 N–H and O–H groups in total. The van der Waals surface area contributed by atoms with E-state index in [0.29, 0.717) is 31.1 Å². The summed E-state index contributed by atoms with van der Waals surface area (Å²) in [4.78, 5) is 14.5. The largest absolute Gasteiger partial charge is 0.489 e. The van der Waals surface area contributed by atoms with Crippen molar-refractivity contribution in [3.63, 3.8) is 0 Å². The second kappa shape index (κ2) is 6.18. The highest BCUT2D eigenvalue weighted by atomic mass is 16.5. The molecule has 0 aliphatic carbocycles. The minimum Gasteiger partial charge on any atom is -0.489 e. The fraction of sp³-hybridized carbons (Fsp3) is 0.438. The third kappa shape index (κ3) is 2.88. The fourth-order valence-corrected chi connectivity index (χ4v) is 2.72. The lowest BCUT2D eigenvalue weighted by Crippen LogP contribution is -2.36. The first-order chi connectivity index (χ1) is 10.3. The van der Waals surface area contributed by atoms with E-state index < -0.39 is 0 Å². The van der Waals surface area contributed by atoms with Crippen LogP contribution in [-0.2, 0) is 4.74 Å². The third-order valence-electron chi connectivity index (χ3n) is 3.83. The molecule has 0 saturated carbocycles. The van der Waals surface area contributed by atoms with Crippen molar-refractivity contribution in [3.05, 3.63) is 35.4 Å². The molecule has 112 valence electrons. The van der Waals surface area contributed by atoms with Crippen molar-refractivity contribution >= 4 is 11.6 Å². The van der Waals surface area contributed by atoms with Crippen molar-refractivity contribution in [1.29, 1.82) is 0 Å². The lowest BCUT2D eigenvalue weighted by atomic mass is 10.1. The van der Waals surface area contributed by atoms with Crippen LogP contribution in [0, 0.1) is 0 Å². The number of hydrogen-bond donors (Lipinski definition) is 1. The van der Waals surface area contributed by atoms with Crippen molar-refractivity contribution < 1.29 is 14.3 Å². The highest BCUT2D eigenvalue weighted by Crippen LogP contribution is 2.32. The standard InChI is InChI=1S/C16H20N2O3/c1-20-11-12-5-8-18(9-6-12)16(19)13-3-2-4-14-15(13)21-10-7-17-14/h2-5,17H,6-11H2,1H3. The summed E-state index contributed by atoms with van der Waals surface area (Å²) in [5.41, 5.74) is 2.80. The Hall–Kier alpha value is -2.01. The first-order valence-corrected chi connectivity index (χ1v) is 7.25. The fourth-order valence-electron chi connectivity index (χ4n) is 2.72. The maximum absolute atomic E-state index is 12.7. The SMILES string of the molecule is COCC1=CCN(C(=O)c2cccc3c2OCCN3)CC1. The van der Waals surface area contributed by atoms with E-state index in [-0.39, 0.29) is 5.91 Å². The van der Waals surface area contributed by atoms with Gasteiger partial charge in [0.1, 0.15) is 6.61 Å². The number of ether oxygens (including phenoxy) is 2. The van der Waals surface area contributed by atoms with E-state index in [9.17, 15) is 4.79 Å². The summed E-state index contributed by atoms with van der Waals surface area (Å²) in [6.45, 7) is 3.38. The summed E-state index contributed by atoms with van der Waals surface area (Å²) in [5.74, 6) is 0.712. The number of anilines is 1. The summed E-state index contributed by atoms with van der Waals surface area (Å²) in [5, 5.41) is 3.26. The van der Waals surface area contributed by atoms with Crippen LogP contribution in [0.5, 0.6) is 5.75 Å². The van der Waals surface area contributed by atoms with Crippen molar-refractivity contribution in [2.75, 3.05) is 45.3 Å². The van der Waals surface area contributed by atoms with Gasteiger partial charge in [0, 0.05) is 26.7 Å². The van der Waals surface area contributed by atoms with E-state index in [2.05, 4.69) is 11.4 Å². The van der Waals surface area contributed by atoms with Crippen LogP contribution in [0.4, 0.5) is 5.69 Å². The molecule has 2 heterocycles. The molecular formula is C16H20N2O3. The first-order valence-electron chi connectivity index (χ1n) is 7.25. The number of nitrogens with one attached hydrogen (secondary N) is 1. The topological polar surface area (TPSA) is 50.8 Å². The molecule has 0 aromatic heterocycles. The average Bonchev–Trinajstić information content (AvgIpc) is 2.55. The number of amides is 1. The zero-order chi connectivity index (χ0) is 14.7. The molecule has 0 atom stereocenters. The van der Waals surface area contributed by atoms with Crippen molar-refractivity contribution in [1.82, 2.24) is 4.90 Å². The van der Waals surface area contributed by atoms with E-state index in [1.165, 1.54) is 5.57 Å². The lowest BCUT2D eigenvalue weighted by Gasteiger charge is -2.28. The molecular weight excluding hydrogens is 268 g/mol. The Labute approximate surface area is 124 Å². The van der Waals surface area contributed by atoms with Crippen LogP contribution < -0.4 is 10.1 Å². The zero-order valence-electron chi connectivity index (χ0n) is 12.2. The van der Waals surface area contributed by atoms with Gasteiger partial charge in [0.15, 0.2) is 5.75 Å². The quantitative estimate of drug-likeness (QED) is 0.863. The maximum Gasteiger partial charge on any atom is 0.257 e. The predicted molar refractivity (Wildman–Crippen MR) is 80.9 cm³/mol. The highest BCUT2D eigenvalue weighted by molar-refractivity contribution is 5.99. The Bertz CT molecular complexity index is 569. The predicted octanol–water partition coefficient (Wildman–Crippen LogP) is 1.91. The summed E-state index contributed by atoms with van der Waals surface area (Å²) in [6, 6.07) is 5.67. The van der Waals surface area contributed by atoms with Gasteiger partial charge in [-0.15, -0.1) is 0 Å². The third-order valence-corrected chi connectivity index (χ3v) is 3.83. The van der Waals surface area contributed by atoms with Crippen LogP contribution in [0.2, 0.25) is 0 Å². The smallest absolute Gasteiger partial charge is 0.257 e. The highest BCUT2D eigenvalue weighted by Gasteiger charge is 2.24.